The molecule has 1 fully saturated rings. The van der Waals surface area contributed by atoms with Crippen LogP contribution in [0.5, 0.6) is 0 Å². The van der Waals surface area contributed by atoms with Gasteiger partial charge in [0, 0.05) is 24.8 Å². The van der Waals surface area contributed by atoms with Crippen molar-refractivity contribution < 1.29 is 0 Å². The van der Waals surface area contributed by atoms with Gasteiger partial charge >= 0.3 is 0 Å². The van der Waals surface area contributed by atoms with E-state index in [1.54, 1.807) is 0 Å². The number of hydrogen-bond donors (Lipinski definition) is 1. The molecule has 1 heterocycles. The Morgan fingerprint density at radius 3 is 2.12 bits per heavy atom. The summed E-state index contributed by atoms with van der Waals surface area (Å²) >= 11 is 0. The molecule has 94 valence electrons. The molecule has 0 radical (unpaired) electrons. The lowest BCUT2D eigenvalue weighted by Crippen LogP contribution is -2.37. The Bertz CT molecular complexity index is 355. The number of nitrogens with two attached hydrogens (primary N) is 1. The fourth-order valence-electron chi connectivity index (χ4n) is 2.36. The van der Waals surface area contributed by atoms with E-state index in [1.807, 2.05) is 6.92 Å². The van der Waals surface area contributed by atoms with Gasteiger partial charge in [0.2, 0.25) is 0 Å². The fraction of sp³-hybridized carbons (Fsp3) is 0.600. The summed E-state index contributed by atoms with van der Waals surface area (Å²) < 4.78 is 0. The molecule has 0 saturated carbocycles. The molecule has 0 aromatic heterocycles. The van der Waals surface area contributed by atoms with Gasteiger partial charge in [-0.15, -0.1) is 0 Å². The largest absolute Gasteiger partial charge is 0.371 e. The van der Waals surface area contributed by atoms with Crippen LogP contribution in [-0.4, -0.2) is 13.1 Å². The van der Waals surface area contributed by atoms with Gasteiger partial charge < -0.3 is 10.6 Å². The Morgan fingerprint density at radius 1 is 1.12 bits per heavy atom. The smallest absolute Gasteiger partial charge is 0.0366 e. The van der Waals surface area contributed by atoms with Crippen LogP contribution in [0.4, 0.5) is 5.69 Å². The van der Waals surface area contributed by atoms with Gasteiger partial charge in [-0.2, -0.15) is 0 Å². The molecule has 2 nitrogen and oxygen atoms in total. The minimum absolute atomic E-state index is 0.129. The molecule has 0 aliphatic carbocycles. The molecule has 0 spiro atoms. The zero-order chi connectivity index (χ0) is 12.5. The van der Waals surface area contributed by atoms with Gasteiger partial charge in [-0.25, -0.2) is 0 Å². The van der Waals surface area contributed by atoms with E-state index < -0.39 is 0 Å². The first-order chi connectivity index (χ1) is 7.98. The average molecular weight is 232 g/mol. The molecule has 2 heteroatoms. The lowest BCUT2D eigenvalue weighted by molar-refractivity contribution is 0.280. The van der Waals surface area contributed by atoms with E-state index in [4.69, 9.17) is 5.73 Å². The second kappa shape index (κ2) is 4.69. The summed E-state index contributed by atoms with van der Waals surface area (Å²) in [4.78, 5) is 2.48. The van der Waals surface area contributed by atoms with E-state index in [-0.39, 0.29) is 6.04 Å². The van der Waals surface area contributed by atoms with E-state index in [1.165, 1.54) is 37.2 Å². The Hall–Kier alpha value is -1.02. The zero-order valence-electron chi connectivity index (χ0n) is 11.2. The van der Waals surface area contributed by atoms with Gasteiger partial charge in [-0.1, -0.05) is 26.0 Å². The SMILES string of the molecule is CC(N)c1ccc(N2CCC(C)(C)CC2)cc1. The van der Waals surface area contributed by atoms with Crippen LogP contribution in [0.3, 0.4) is 0 Å². The van der Waals surface area contributed by atoms with Crippen molar-refractivity contribution in [2.75, 3.05) is 18.0 Å². The predicted molar refractivity (Wildman–Crippen MR) is 74.3 cm³/mol. The number of hydrogen-bond acceptors (Lipinski definition) is 2. The average Bonchev–Trinajstić information content (AvgIpc) is 2.29. The molecule has 1 unspecified atom stereocenters. The number of benzene rings is 1. The highest BCUT2D eigenvalue weighted by Crippen LogP contribution is 2.32. The van der Waals surface area contributed by atoms with Crippen molar-refractivity contribution in [2.24, 2.45) is 11.1 Å². The molecule has 1 aromatic rings. The molecule has 17 heavy (non-hydrogen) atoms. The Kier molecular flexibility index (Phi) is 3.43. The molecule has 1 aliphatic rings. The second-order valence-corrected chi connectivity index (χ2v) is 6.03. The van der Waals surface area contributed by atoms with Gasteiger partial charge in [0.05, 0.1) is 0 Å². The van der Waals surface area contributed by atoms with E-state index in [0.29, 0.717) is 5.41 Å². The summed E-state index contributed by atoms with van der Waals surface area (Å²) in [7, 11) is 0. The molecule has 1 saturated heterocycles. The van der Waals surface area contributed by atoms with E-state index in [0.717, 1.165) is 0 Å². The highest BCUT2D eigenvalue weighted by Gasteiger charge is 2.25. The zero-order valence-corrected chi connectivity index (χ0v) is 11.2. The standard InChI is InChI=1S/C15H24N2/c1-12(16)13-4-6-14(7-5-13)17-10-8-15(2,3)9-11-17/h4-7,12H,8-11,16H2,1-3H3. The third kappa shape index (κ3) is 3.01. The van der Waals surface area contributed by atoms with Crippen molar-refractivity contribution >= 4 is 5.69 Å². The van der Waals surface area contributed by atoms with Crippen molar-refractivity contribution in [3.8, 4) is 0 Å². The molecule has 2 N–H and O–H groups in total. The molecule has 0 amide bonds. The van der Waals surface area contributed by atoms with Gasteiger partial charge in [-0.3, -0.25) is 0 Å². The Balaban J connectivity index is 2.04. The summed E-state index contributed by atoms with van der Waals surface area (Å²) in [6.45, 7) is 9.10. The summed E-state index contributed by atoms with van der Waals surface area (Å²) in [6, 6.07) is 8.84. The first kappa shape index (κ1) is 12.4. The van der Waals surface area contributed by atoms with Crippen LogP contribution in [-0.2, 0) is 0 Å². The summed E-state index contributed by atoms with van der Waals surface area (Å²) in [5.74, 6) is 0. The summed E-state index contributed by atoms with van der Waals surface area (Å²) in [5.41, 5.74) is 8.93. The topological polar surface area (TPSA) is 29.3 Å². The van der Waals surface area contributed by atoms with Crippen molar-refractivity contribution in [1.29, 1.82) is 0 Å². The molecule has 1 aromatic carbocycles. The minimum Gasteiger partial charge on any atom is -0.371 e. The molecular weight excluding hydrogens is 208 g/mol. The van der Waals surface area contributed by atoms with E-state index in [2.05, 4.69) is 43.0 Å². The normalized spacial score (nSPS) is 21.3. The number of rotatable bonds is 2. The number of anilines is 1. The fourth-order valence-corrected chi connectivity index (χ4v) is 2.36. The van der Waals surface area contributed by atoms with Crippen molar-refractivity contribution in [3.63, 3.8) is 0 Å². The maximum Gasteiger partial charge on any atom is 0.0366 e. The monoisotopic (exact) mass is 232 g/mol. The quantitative estimate of drug-likeness (QED) is 0.847. The van der Waals surface area contributed by atoms with Gasteiger partial charge in [0.15, 0.2) is 0 Å². The van der Waals surface area contributed by atoms with Crippen LogP contribution in [0, 0.1) is 5.41 Å². The Labute approximate surface area is 105 Å². The highest BCUT2D eigenvalue weighted by atomic mass is 15.1. The van der Waals surface area contributed by atoms with Gasteiger partial charge in [0.25, 0.3) is 0 Å². The molecule has 1 aliphatic heterocycles. The number of nitrogens with zero attached hydrogens (tertiary/aromatic N) is 1. The van der Waals surface area contributed by atoms with Crippen LogP contribution < -0.4 is 10.6 Å². The molecular formula is C15H24N2. The molecule has 1 atom stereocenters. The van der Waals surface area contributed by atoms with E-state index in [9.17, 15) is 0 Å². The van der Waals surface area contributed by atoms with Crippen LogP contribution in [0.25, 0.3) is 0 Å². The highest BCUT2D eigenvalue weighted by molar-refractivity contribution is 5.48. The first-order valence-corrected chi connectivity index (χ1v) is 6.58. The third-order valence-electron chi connectivity index (χ3n) is 3.90. The Morgan fingerprint density at radius 2 is 1.65 bits per heavy atom. The molecule has 2 rings (SSSR count). The van der Waals surface area contributed by atoms with Crippen LogP contribution in [0.1, 0.15) is 45.2 Å². The maximum atomic E-state index is 5.86. The predicted octanol–water partition coefficient (Wildman–Crippen LogP) is 3.33. The van der Waals surface area contributed by atoms with Gasteiger partial charge in [0.1, 0.15) is 0 Å². The van der Waals surface area contributed by atoms with Crippen LogP contribution in [0.15, 0.2) is 24.3 Å². The maximum absolute atomic E-state index is 5.86. The van der Waals surface area contributed by atoms with Crippen LogP contribution >= 0.6 is 0 Å². The third-order valence-corrected chi connectivity index (χ3v) is 3.90. The van der Waals surface area contributed by atoms with E-state index >= 15 is 0 Å². The van der Waals surface area contributed by atoms with Crippen molar-refractivity contribution in [3.05, 3.63) is 29.8 Å². The number of piperidine rings is 1. The lowest BCUT2D eigenvalue weighted by atomic mass is 9.82. The summed E-state index contributed by atoms with van der Waals surface area (Å²) in [6.07, 6.45) is 2.56. The summed E-state index contributed by atoms with van der Waals surface area (Å²) in [5, 5.41) is 0. The van der Waals surface area contributed by atoms with Crippen LogP contribution in [0.2, 0.25) is 0 Å². The lowest BCUT2D eigenvalue weighted by Gasteiger charge is -2.38. The second-order valence-electron chi connectivity index (χ2n) is 6.03. The minimum atomic E-state index is 0.129. The van der Waals surface area contributed by atoms with Crippen molar-refractivity contribution in [2.45, 2.75) is 39.7 Å². The van der Waals surface area contributed by atoms with Crippen molar-refractivity contribution in [1.82, 2.24) is 0 Å². The first-order valence-electron chi connectivity index (χ1n) is 6.58. The molecule has 0 bridgehead atoms. The van der Waals surface area contributed by atoms with Gasteiger partial charge in [-0.05, 0) is 42.9 Å².